The summed E-state index contributed by atoms with van der Waals surface area (Å²) in [6.45, 7) is 4.33. The molecule has 1 rings (SSSR count). The Morgan fingerprint density at radius 2 is 1.70 bits per heavy atom. The van der Waals surface area contributed by atoms with Gasteiger partial charge in [-0.15, -0.1) is 0 Å². The van der Waals surface area contributed by atoms with E-state index in [0.717, 1.165) is 18.2 Å². The summed E-state index contributed by atoms with van der Waals surface area (Å²) in [6.07, 6.45) is 0. The molecule has 0 fully saturated rings. The van der Waals surface area contributed by atoms with Gasteiger partial charge in [0.15, 0.2) is 6.61 Å². The van der Waals surface area contributed by atoms with Gasteiger partial charge in [-0.05, 0) is 25.0 Å². The second-order valence-electron chi connectivity index (χ2n) is 5.81. The van der Waals surface area contributed by atoms with Crippen molar-refractivity contribution in [3.63, 3.8) is 0 Å². The molecular formula is C17H21F2N3O5. The molecule has 4 amide bonds. The third kappa shape index (κ3) is 6.65. The van der Waals surface area contributed by atoms with E-state index in [1.54, 1.807) is 20.8 Å². The maximum absolute atomic E-state index is 13.7. The quantitative estimate of drug-likeness (QED) is 0.609. The van der Waals surface area contributed by atoms with E-state index >= 15 is 0 Å². The Hall–Kier alpha value is -3.04. The van der Waals surface area contributed by atoms with Crippen molar-refractivity contribution in [3.8, 4) is 0 Å². The highest BCUT2D eigenvalue weighted by atomic mass is 19.1. The third-order valence-electron chi connectivity index (χ3n) is 3.33. The van der Waals surface area contributed by atoms with Crippen LogP contribution >= 0.6 is 0 Å². The van der Waals surface area contributed by atoms with Crippen molar-refractivity contribution in [2.75, 3.05) is 13.2 Å². The zero-order valence-electron chi connectivity index (χ0n) is 15.1. The van der Waals surface area contributed by atoms with Gasteiger partial charge >= 0.3 is 12.0 Å². The van der Waals surface area contributed by atoms with Crippen molar-refractivity contribution in [1.82, 2.24) is 16.0 Å². The van der Waals surface area contributed by atoms with E-state index in [0.29, 0.717) is 6.54 Å². The predicted octanol–water partition coefficient (Wildman–Crippen LogP) is 1.11. The maximum Gasteiger partial charge on any atom is 0.329 e. The monoisotopic (exact) mass is 385 g/mol. The van der Waals surface area contributed by atoms with Gasteiger partial charge in [-0.3, -0.25) is 14.9 Å². The van der Waals surface area contributed by atoms with Crippen LogP contribution in [0.15, 0.2) is 18.2 Å². The largest absolute Gasteiger partial charge is 0.454 e. The average molecular weight is 385 g/mol. The number of amides is 4. The number of carbonyl (C=O) groups is 4. The number of ether oxygens (including phenoxy) is 1. The van der Waals surface area contributed by atoms with E-state index in [2.05, 4.69) is 10.6 Å². The molecule has 3 N–H and O–H groups in total. The van der Waals surface area contributed by atoms with Gasteiger partial charge in [-0.2, -0.15) is 0 Å². The Kier molecular flexibility index (Phi) is 8.31. The fraction of sp³-hybridized carbons (Fsp3) is 0.412. The first-order chi connectivity index (χ1) is 12.7. The SMILES string of the molecule is CCNC(=O)NC(=O)COC(=O)[C@@H](NC(=O)c1c(F)cccc1F)C(C)C. The van der Waals surface area contributed by atoms with Crippen LogP contribution in [0.2, 0.25) is 0 Å². The molecule has 0 heterocycles. The van der Waals surface area contributed by atoms with E-state index in [-0.39, 0.29) is 0 Å². The van der Waals surface area contributed by atoms with Crippen LogP contribution in [0.5, 0.6) is 0 Å². The Morgan fingerprint density at radius 1 is 1.11 bits per heavy atom. The molecule has 0 spiro atoms. The van der Waals surface area contributed by atoms with Gasteiger partial charge in [0.05, 0.1) is 0 Å². The second kappa shape index (κ2) is 10.2. The number of halogens is 2. The lowest BCUT2D eigenvalue weighted by Crippen LogP contribution is -2.47. The minimum Gasteiger partial charge on any atom is -0.454 e. The molecular weight excluding hydrogens is 364 g/mol. The van der Waals surface area contributed by atoms with Crippen LogP contribution in [0.4, 0.5) is 13.6 Å². The lowest BCUT2D eigenvalue weighted by molar-refractivity contribution is -0.151. The summed E-state index contributed by atoms with van der Waals surface area (Å²) in [5, 5.41) is 6.45. The number of nitrogens with one attached hydrogen (secondary N) is 3. The van der Waals surface area contributed by atoms with Crippen LogP contribution in [0.3, 0.4) is 0 Å². The number of carbonyl (C=O) groups excluding carboxylic acids is 4. The summed E-state index contributed by atoms with van der Waals surface area (Å²) in [7, 11) is 0. The number of rotatable bonds is 7. The van der Waals surface area contributed by atoms with Crippen LogP contribution in [-0.2, 0) is 14.3 Å². The number of benzene rings is 1. The van der Waals surface area contributed by atoms with Crippen LogP contribution < -0.4 is 16.0 Å². The zero-order chi connectivity index (χ0) is 20.6. The first-order valence-corrected chi connectivity index (χ1v) is 8.16. The molecule has 8 nitrogen and oxygen atoms in total. The number of urea groups is 1. The highest BCUT2D eigenvalue weighted by Crippen LogP contribution is 2.13. The lowest BCUT2D eigenvalue weighted by Gasteiger charge is -2.21. The topological polar surface area (TPSA) is 114 Å². The van der Waals surface area contributed by atoms with Crippen LogP contribution in [0.25, 0.3) is 0 Å². The molecule has 0 aliphatic carbocycles. The molecule has 0 aromatic heterocycles. The van der Waals surface area contributed by atoms with Crippen molar-refractivity contribution < 1.29 is 32.7 Å². The minimum absolute atomic E-state index is 0.299. The van der Waals surface area contributed by atoms with Crippen LogP contribution in [-0.4, -0.2) is 43.0 Å². The summed E-state index contributed by atoms with van der Waals surface area (Å²) in [4.78, 5) is 47.0. The van der Waals surface area contributed by atoms with E-state index in [4.69, 9.17) is 4.74 Å². The number of hydrogen-bond donors (Lipinski definition) is 3. The summed E-state index contributed by atoms with van der Waals surface area (Å²) >= 11 is 0. The average Bonchev–Trinajstić information content (AvgIpc) is 2.57. The van der Waals surface area contributed by atoms with Gasteiger partial charge in [0.1, 0.15) is 23.2 Å². The molecule has 1 aromatic rings. The fourth-order valence-corrected chi connectivity index (χ4v) is 2.02. The van der Waals surface area contributed by atoms with E-state index in [1.807, 2.05) is 5.32 Å². The molecule has 0 aliphatic heterocycles. The highest BCUT2D eigenvalue weighted by molar-refractivity contribution is 5.98. The van der Waals surface area contributed by atoms with Gasteiger partial charge in [0.25, 0.3) is 11.8 Å². The number of imide groups is 1. The van der Waals surface area contributed by atoms with Crippen molar-refractivity contribution in [3.05, 3.63) is 35.4 Å². The van der Waals surface area contributed by atoms with Gasteiger partial charge in [0.2, 0.25) is 0 Å². The Morgan fingerprint density at radius 3 is 2.22 bits per heavy atom. The fourth-order valence-electron chi connectivity index (χ4n) is 2.02. The highest BCUT2D eigenvalue weighted by Gasteiger charge is 2.29. The van der Waals surface area contributed by atoms with Gasteiger partial charge in [-0.1, -0.05) is 19.9 Å². The van der Waals surface area contributed by atoms with Crippen molar-refractivity contribution >= 4 is 23.8 Å². The number of esters is 1. The lowest BCUT2D eigenvalue weighted by atomic mass is 10.0. The first kappa shape index (κ1) is 22.0. The molecule has 0 bridgehead atoms. The minimum atomic E-state index is -1.26. The smallest absolute Gasteiger partial charge is 0.329 e. The maximum atomic E-state index is 13.7. The van der Waals surface area contributed by atoms with E-state index in [1.165, 1.54) is 0 Å². The second-order valence-corrected chi connectivity index (χ2v) is 5.81. The Labute approximate surface area is 154 Å². The van der Waals surface area contributed by atoms with E-state index in [9.17, 15) is 28.0 Å². The van der Waals surface area contributed by atoms with Gasteiger partial charge in [0, 0.05) is 6.54 Å². The normalized spacial score (nSPS) is 11.5. The van der Waals surface area contributed by atoms with Crippen LogP contribution in [0, 0.1) is 17.6 Å². The molecule has 0 radical (unpaired) electrons. The molecule has 148 valence electrons. The summed E-state index contributed by atoms with van der Waals surface area (Å²) in [5.74, 6) is -5.64. The molecule has 1 aromatic carbocycles. The molecule has 0 saturated heterocycles. The first-order valence-electron chi connectivity index (χ1n) is 8.16. The van der Waals surface area contributed by atoms with Gasteiger partial charge < -0.3 is 15.4 Å². The Balaban J connectivity index is 2.72. The number of hydrogen-bond acceptors (Lipinski definition) is 5. The third-order valence-corrected chi connectivity index (χ3v) is 3.33. The molecule has 27 heavy (non-hydrogen) atoms. The van der Waals surface area contributed by atoms with Crippen LogP contribution in [0.1, 0.15) is 31.1 Å². The molecule has 10 heteroatoms. The van der Waals surface area contributed by atoms with Gasteiger partial charge in [-0.25, -0.2) is 18.4 Å². The molecule has 0 aliphatic rings. The van der Waals surface area contributed by atoms with E-state index < -0.39 is 59.6 Å². The Bertz CT molecular complexity index is 704. The van der Waals surface area contributed by atoms with Crippen molar-refractivity contribution in [1.29, 1.82) is 0 Å². The molecule has 0 saturated carbocycles. The molecule has 0 unspecified atom stereocenters. The summed E-state index contributed by atoms with van der Waals surface area (Å²) < 4.78 is 32.1. The summed E-state index contributed by atoms with van der Waals surface area (Å²) in [5.41, 5.74) is -0.829. The standard InChI is InChI=1S/C17H21F2N3O5/c1-4-20-17(26)21-12(23)8-27-16(25)14(9(2)3)22-15(24)13-10(18)6-5-7-11(13)19/h5-7,9,14H,4,8H2,1-3H3,(H,22,24)(H2,20,21,23,26)/t14-/m0/s1. The summed E-state index contributed by atoms with van der Waals surface area (Å²) in [6, 6.07) is 0.915. The van der Waals surface area contributed by atoms with Crippen molar-refractivity contribution in [2.24, 2.45) is 5.92 Å². The molecule has 1 atom stereocenters. The van der Waals surface area contributed by atoms with Crippen molar-refractivity contribution in [2.45, 2.75) is 26.8 Å². The predicted molar refractivity (Wildman–Crippen MR) is 90.6 cm³/mol. The zero-order valence-corrected chi connectivity index (χ0v) is 15.1.